The van der Waals surface area contributed by atoms with Crippen molar-refractivity contribution in [1.82, 2.24) is 4.98 Å². The Balaban J connectivity index is 1.60. The predicted molar refractivity (Wildman–Crippen MR) is 93.0 cm³/mol. The van der Waals surface area contributed by atoms with Gasteiger partial charge in [0.2, 0.25) is 5.89 Å². The summed E-state index contributed by atoms with van der Waals surface area (Å²) >= 11 is 0. The van der Waals surface area contributed by atoms with Crippen LogP contribution in [0.2, 0.25) is 0 Å². The second-order valence-corrected chi connectivity index (χ2v) is 5.73. The summed E-state index contributed by atoms with van der Waals surface area (Å²) in [5.41, 5.74) is 2.76. The van der Waals surface area contributed by atoms with E-state index >= 15 is 0 Å². The molecule has 0 saturated heterocycles. The summed E-state index contributed by atoms with van der Waals surface area (Å²) in [5.74, 6) is 2.25. The van der Waals surface area contributed by atoms with Gasteiger partial charge in [-0.05, 0) is 43.7 Å². The van der Waals surface area contributed by atoms with Crippen molar-refractivity contribution in [1.29, 1.82) is 0 Å². The number of aliphatic hydroxyl groups excluding tert-OH is 1. The highest BCUT2D eigenvalue weighted by atomic mass is 16.5. The zero-order valence-corrected chi connectivity index (χ0v) is 13.9. The first-order chi connectivity index (χ1) is 11.6. The molecule has 4 heteroatoms. The molecule has 4 nitrogen and oxygen atoms in total. The van der Waals surface area contributed by atoms with Gasteiger partial charge in [-0.1, -0.05) is 30.3 Å². The molecule has 124 valence electrons. The minimum atomic E-state index is -0.465. The Kier molecular flexibility index (Phi) is 4.96. The van der Waals surface area contributed by atoms with E-state index < -0.39 is 6.10 Å². The first-order valence-electron chi connectivity index (χ1n) is 8.06. The van der Waals surface area contributed by atoms with E-state index in [0.717, 1.165) is 28.3 Å². The number of aryl methyl sites for hydroxylation is 1. The quantitative estimate of drug-likeness (QED) is 0.734. The molecular weight excluding hydrogens is 302 g/mol. The number of aliphatic hydroxyl groups is 1. The van der Waals surface area contributed by atoms with Gasteiger partial charge in [-0.2, -0.15) is 0 Å². The van der Waals surface area contributed by atoms with Crippen LogP contribution in [0.5, 0.6) is 5.75 Å². The molecule has 2 aromatic carbocycles. The van der Waals surface area contributed by atoms with Crippen molar-refractivity contribution in [2.45, 2.75) is 26.4 Å². The van der Waals surface area contributed by atoms with Crippen LogP contribution in [0, 0.1) is 6.92 Å². The molecule has 0 radical (unpaired) electrons. The van der Waals surface area contributed by atoms with E-state index in [4.69, 9.17) is 9.15 Å². The molecule has 0 saturated carbocycles. The standard InChI is InChI=1S/C20H21NO3/c1-14(22)16-8-10-18(11-9-16)23-13-12-19-15(2)24-20(21-19)17-6-4-3-5-7-17/h3-11,14,22H,12-13H2,1-2H3/t14-/m0/s1. The normalized spacial score (nSPS) is 12.1. The molecule has 0 unspecified atom stereocenters. The Morgan fingerprint density at radius 3 is 2.46 bits per heavy atom. The number of nitrogens with zero attached hydrogens (tertiary/aromatic N) is 1. The second-order valence-electron chi connectivity index (χ2n) is 5.73. The second kappa shape index (κ2) is 7.32. The number of aromatic nitrogens is 1. The number of hydrogen-bond acceptors (Lipinski definition) is 4. The molecule has 0 spiro atoms. The van der Waals surface area contributed by atoms with Crippen LogP contribution in [0.4, 0.5) is 0 Å². The van der Waals surface area contributed by atoms with Gasteiger partial charge >= 0.3 is 0 Å². The van der Waals surface area contributed by atoms with Gasteiger partial charge in [0.1, 0.15) is 11.5 Å². The van der Waals surface area contributed by atoms with Gasteiger partial charge in [0, 0.05) is 12.0 Å². The van der Waals surface area contributed by atoms with Crippen molar-refractivity contribution in [2.75, 3.05) is 6.61 Å². The Morgan fingerprint density at radius 1 is 1.08 bits per heavy atom. The first kappa shape index (κ1) is 16.3. The number of rotatable bonds is 6. The molecule has 1 aromatic heterocycles. The van der Waals surface area contributed by atoms with Crippen LogP contribution in [0.15, 0.2) is 59.0 Å². The van der Waals surface area contributed by atoms with Crippen molar-refractivity contribution in [3.8, 4) is 17.2 Å². The Morgan fingerprint density at radius 2 is 1.79 bits per heavy atom. The fourth-order valence-electron chi connectivity index (χ4n) is 2.47. The predicted octanol–water partition coefficient (Wildman–Crippen LogP) is 4.32. The number of benzene rings is 2. The summed E-state index contributed by atoms with van der Waals surface area (Å²) < 4.78 is 11.5. The van der Waals surface area contributed by atoms with Gasteiger partial charge in [0.05, 0.1) is 18.4 Å². The van der Waals surface area contributed by atoms with Crippen molar-refractivity contribution >= 4 is 0 Å². The van der Waals surface area contributed by atoms with Gasteiger partial charge in [0.25, 0.3) is 0 Å². The smallest absolute Gasteiger partial charge is 0.226 e. The van der Waals surface area contributed by atoms with E-state index in [1.807, 2.05) is 61.5 Å². The van der Waals surface area contributed by atoms with Crippen LogP contribution in [-0.4, -0.2) is 16.7 Å². The molecule has 0 fully saturated rings. The summed E-state index contributed by atoms with van der Waals surface area (Å²) in [6.07, 6.45) is 0.216. The minimum absolute atomic E-state index is 0.465. The van der Waals surface area contributed by atoms with Crippen LogP contribution < -0.4 is 4.74 Å². The third-order valence-electron chi connectivity index (χ3n) is 3.88. The van der Waals surface area contributed by atoms with Gasteiger partial charge in [-0.25, -0.2) is 4.98 Å². The van der Waals surface area contributed by atoms with Crippen LogP contribution in [0.25, 0.3) is 11.5 Å². The van der Waals surface area contributed by atoms with Crippen LogP contribution in [0.3, 0.4) is 0 Å². The molecule has 0 aliphatic rings. The van der Waals surface area contributed by atoms with Crippen molar-refractivity contribution in [3.05, 3.63) is 71.6 Å². The van der Waals surface area contributed by atoms with Crippen LogP contribution in [-0.2, 0) is 6.42 Å². The summed E-state index contributed by atoms with van der Waals surface area (Å²) in [5, 5.41) is 9.51. The Bertz CT molecular complexity index is 776. The lowest BCUT2D eigenvalue weighted by atomic mass is 10.1. The fraction of sp³-hybridized carbons (Fsp3) is 0.250. The summed E-state index contributed by atoms with van der Waals surface area (Å²) in [6.45, 7) is 4.19. The number of hydrogen-bond donors (Lipinski definition) is 1. The molecule has 1 atom stereocenters. The van der Waals surface area contributed by atoms with E-state index in [2.05, 4.69) is 4.98 Å². The van der Waals surface area contributed by atoms with Crippen molar-refractivity contribution < 1.29 is 14.3 Å². The number of ether oxygens (including phenoxy) is 1. The monoisotopic (exact) mass is 323 g/mol. The first-order valence-corrected chi connectivity index (χ1v) is 8.06. The molecule has 0 aliphatic carbocycles. The third kappa shape index (κ3) is 3.84. The molecule has 1 heterocycles. The Labute approximate surface area is 141 Å². The Hall–Kier alpha value is -2.59. The molecule has 3 aromatic rings. The lowest BCUT2D eigenvalue weighted by Gasteiger charge is -2.08. The van der Waals surface area contributed by atoms with E-state index in [0.29, 0.717) is 18.9 Å². The highest BCUT2D eigenvalue weighted by Gasteiger charge is 2.11. The van der Waals surface area contributed by atoms with E-state index in [1.54, 1.807) is 6.92 Å². The van der Waals surface area contributed by atoms with E-state index in [9.17, 15) is 5.11 Å². The summed E-state index contributed by atoms with van der Waals surface area (Å²) in [6, 6.07) is 17.3. The van der Waals surface area contributed by atoms with Gasteiger partial charge in [-0.15, -0.1) is 0 Å². The van der Waals surface area contributed by atoms with Gasteiger partial charge < -0.3 is 14.3 Å². The summed E-state index contributed by atoms with van der Waals surface area (Å²) in [4.78, 5) is 4.57. The van der Waals surface area contributed by atoms with Crippen molar-refractivity contribution in [3.63, 3.8) is 0 Å². The SMILES string of the molecule is Cc1oc(-c2ccccc2)nc1CCOc1ccc([C@H](C)O)cc1. The lowest BCUT2D eigenvalue weighted by molar-refractivity contribution is 0.199. The zero-order chi connectivity index (χ0) is 16.9. The zero-order valence-electron chi connectivity index (χ0n) is 13.9. The summed E-state index contributed by atoms with van der Waals surface area (Å²) in [7, 11) is 0. The largest absolute Gasteiger partial charge is 0.493 e. The maximum atomic E-state index is 9.51. The molecule has 0 aliphatic heterocycles. The molecule has 0 bridgehead atoms. The maximum Gasteiger partial charge on any atom is 0.226 e. The third-order valence-corrected chi connectivity index (χ3v) is 3.88. The van der Waals surface area contributed by atoms with Gasteiger partial charge in [0.15, 0.2) is 0 Å². The molecule has 24 heavy (non-hydrogen) atoms. The van der Waals surface area contributed by atoms with Crippen LogP contribution in [0.1, 0.15) is 30.0 Å². The number of oxazole rings is 1. The molecule has 0 amide bonds. The van der Waals surface area contributed by atoms with Crippen molar-refractivity contribution in [2.24, 2.45) is 0 Å². The lowest BCUT2D eigenvalue weighted by Crippen LogP contribution is -2.03. The van der Waals surface area contributed by atoms with Crippen LogP contribution >= 0.6 is 0 Å². The van der Waals surface area contributed by atoms with E-state index in [-0.39, 0.29) is 0 Å². The average Bonchev–Trinajstić information content (AvgIpc) is 2.97. The average molecular weight is 323 g/mol. The molecule has 1 N–H and O–H groups in total. The minimum Gasteiger partial charge on any atom is -0.493 e. The topological polar surface area (TPSA) is 55.5 Å². The molecular formula is C20H21NO3. The molecule has 3 rings (SSSR count). The maximum absolute atomic E-state index is 9.51. The van der Waals surface area contributed by atoms with Gasteiger partial charge in [-0.3, -0.25) is 0 Å². The van der Waals surface area contributed by atoms with E-state index in [1.165, 1.54) is 0 Å². The fourth-order valence-corrected chi connectivity index (χ4v) is 2.47. The highest BCUT2D eigenvalue weighted by molar-refractivity contribution is 5.53. The highest BCUT2D eigenvalue weighted by Crippen LogP contribution is 2.22.